The minimum absolute atomic E-state index is 0.0909. The summed E-state index contributed by atoms with van der Waals surface area (Å²) in [5.41, 5.74) is 7.30. The standard InChI is InChI=1S/C12H10N4O2/c1-7-4-11(18-16-7)12(17)15-10-3-2-9(14)5-8(10)6-13/h2-5H,14H2,1H3,(H,15,17). The Hall–Kier alpha value is -2.81. The van der Waals surface area contributed by atoms with Crippen LogP contribution in [0.1, 0.15) is 21.8 Å². The molecule has 0 bridgehead atoms. The number of amides is 1. The number of benzene rings is 1. The molecule has 0 atom stereocenters. The lowest BCUT2D eigenvalue weighted by molar-refractivity contribution is 0.0988. The van der Waals surface area contributed by atoms with Crippen LogP contribution in [-0.2, 0) is 0 Å². The number of anilines is 2. The second-order valence-electron chi connectivity index (χ2n) is 3.70. The number of aryl methyl sites for hydroxylation is 1. The first-order valence-electron chi connectivity index (χ1n) is 5.14. The summed E-state index contributed by atoms with van der Waals surface area (Å²) in [5, 5.41) is 15.1. The molecule has 0 saturated heterocycles. The minimum atomic E-state index is -0.461. The molecule has 0 unspecified atom stereocenters. The number of carbonyl (C=O) groups excluding carboxylic acids is 1. The van der Waals surface area contributed by atoms with Crippen molar-refractivity contribution in [2.45, 2.75) is 6.92 Å². The summed E-state index contributed by atoms with van der Waals surface area (Å²) in [6.45, 7) is 1.71. The van der Waals surface area contributed by atoms with Gasteiger partial charge in [-0.25, -0.2) is 0 Å². The van der Waals surface area contributed by atoms with Crippen LogP contribution in [0.5, 0.6) is 0 Å². The number of carbonyl (C=O) groups is 1. The van der Waals surface area contributed by atoms with Crippen LogP contribution in [0, 0.1) is 18.3 Å². The van der Waals surface area contributed by atoms with Crippen LogP contribution in [0.2, 0.25) is 0 Å². The van der Waals surface area contributed by atoms with Crippen molar-refractivity contribution in [3.63, 3.8) is 0 Å². The van der Waals surface area contributed by atoms with E-state index in [1.165, 1.54) is 12.1 Å². The highest BCUT2D eigenvalue weighted by Gasteiger charge is 2.13. The molecular formula is C12H10N4O2. The molecule has 0 saturated carbocycles. The number of rotatable bonds is 2. The quantitative estimate of drug-likeness (QED) is 0.779. The fourth-order valence-corrected chi connectivity index (χ4v) is 1.42. The van der Waals surface area contributed by atoms with Gasteiger partial charge in [0.2, 0.25) is 5.76 Å². The molecule has 0 aliphatic carbocycles. The zero-order valence-corrected chi connectivity index (χ0v) is 9.60. The van der Waals surface area contributed by atoms with Gasteiger partial charge in [0.25, 0.3) is 5.91 Å². The Labute approximate surface area is 103 Å². The Bertz CT molecular complexity index is 640. The Morgan fingerprint density at radius 1 is 1.50 bits per heavy atom. The Morgan fingerprint density at radius 2 is 2.28 bits per heavy atom. The molecule has 1 heterocycles. The van der Waals surface area contributed by atoms with Crippen molar-refractivity contribution in [3.05, 3.63) is 41.3 Å². The number of aromatic nitrogens is 1. The fourth-order valence-electron chi connectivity index (χ4n) is 1.42. The molecule has 90 valence electrons. The Morgan fingerprint density at radius 3 is 2.89 bits per heavy atom. The van der Waals surface area contributed by atoms with Crippen LogP contribution >= 0.6 is 0 Å². The van der Waals surface area contributed by atoms with Gasteiger partial charge in [-0.2, -0.15) is 5.26 Å². The maximum atomic E-state index is 11.8. The molecule has 0 aliphatic rings. The zero-order chi connectivity index (χ0) is 13.1. The van der Waals surface area contributed by atoms with E-state index in [9.17, 15) is 4.79 Å². The van der Waals surface area contributed by atoms with E-state index >= 15 is 0 Å². The van der Waals surface area contributed by atoms with Crippen molar-refractivity contribution >= 4 is 17.3 Å². The lowest BCUT2D eigenvalue weighted by Crippen LogP contribution is -2.12. The summed E-state index contributed by atoms with van der Waals surface area (Å²) >= 11 is 0. The van der Waals surface area contributed by atoms with E-state index in [-0.39, 0.29) is 5.76 Å². The predicted octanol–water partition coefficient (Wildman–Crippen LogP) is 1.69. The van der Waals surface area contributed by atoms with Crippen molar-refractivity contribution in [2.75, 3.05) is 11.1 Å². The van der Waals surface area contributed by atoms with Crippen LogP contribution in [-0.4, -0.2) is 11.1 Å². The van der Waals surface area contributed by atoms with Gasteiger partial charge in [0.15, 0.2) is 0 Å². The first kappa shape index (κ1) is 11.7. The van der Waals surface area contributed by atoms with Crippen molar-refractivity contribution in [1.29, 1.82) is 5.26 Å². The molecular weight excluding hydrogens is 232 g/mol. The van der Waals surface area contributed by atoms with Crippen LogP contribution in [0.3, 0.4) is 0 Å². The summed E-state index contributed by atoms with van der Waals surface area (Å²) < 4.78 is 4.83. The van der Waals surface area contributed by atoms with Crippen LogP contribution < -0.4 is 11.1 Å². The Kier molecular flexibility index (Phi) is 2.98. The van der Waals surface area contributed by atoms with Gasteiger partial charge < -0.3 is 15.6 Å². The Balaban J connectivity index is 2.25. The molecule has 18 heavy (non-hydrogen) atoms. The van der Waals surface area contributed by atoms with Crippen molar-refractivity contribution in [1.82, 2.24) is 5.16 Å². The third-order valence-corrected chi connectivity index (χ3v) is 2.26. The number of nitriles is 1. The molecule has 6 nitrogen and oxygen atoms in total. The topological polar surface area (TPSA) is 105 Å². The first-order chi connectivity index (χ1) is 8.60. The van der Waals surface area contributed by atoms with Gasteiger partial charge in [-0.15, -0.1) is 0 Å². The number of nitrogens with zero attached hydrogens (tertiary/aromatic N) is 2. The average Bonchev–Trinajstić information content (AvgIpc) is 2.78. The number of nitrogen functional groups attached to an aromatic ring is 1. The second kappa shape index (κ2) is 4.59. The molecule has 3 N–H and O–H groups in total. The maximum Gasteiger partial charge on any atom is 0.294 e. The molecule has 1 aromatic carbocycles. The first-order valence-corrected chi connectivity index (χ1v) is 5.14. The van der Waals surface area contributed by atoms with E-state index in [4.69, 9.17) is 15.5 Å². The van der Waals surface area contributed by atoms with E-state index in [0.717, 1.165) is 0 Å². The van der Waals surface area contributed by atoms with Crippen LogP contribution in [0.15, 0.2) is 28.8 Å². The molecule has 0 aliphatic heterocycles. The number of nitrogens with two attached hydrogens (primary N) is 1. The molecule has 2 aromatic rings. The molecule has 1 amide bonds. The van der Waals surface area contributed by atoms with Crippen molar-refractivity contribution in [3.8, 4) is 6.07 Å². The predicted molar refractivity (Wildman–Crippen MR) is 64.8 cm³/mol. The molecule has 0 radical (unpaired) electrons. The lowest BCUT2D eigenvalue weighted by Gasteiger charge is -2.05. The van der Waals surface area contributed by atoms with Gasteiger partial charge in [-0.05, 0) is 25.1 Å². The molecule has 2 rings (SSSR count). The SMILES string of the molecule is Cc1cc(C(=O)Nc2ccc(N)cc2C#N)on1. The number of hydrogen-bond acceptors (Lipinski definition) is 5. The zero-order valence-electron chi connectivity index (χ0n) is 9.60. The second-order valence-corrected chi connectivity index (χ2v) is 3.70. The third-order valence-electron chi connectivity index (χ3n) is 2.26. The van der Waals surface area contributed by atoms with E-state index in [2.05, 4.69) is 10.5 Å². The molecule has 0 spiro atoms. The summed E-state index contributed by atoms with van der Waals surface area (Å²) in [5.74, 6) is -0.370. The highest BCUT2D eigenvalue weighted by molar-refractivity contribution is 6.03. The van der Waals surface area contributed by atoms with Crippen molar-refractivity contribution < 1.29 is 9.32 Å². The van der Waals surface area contributed by atoms with Crippen LogP contribution in [0.4, 0.5) is 11.4 Å². The van der Waals surface area contributed by atoms with E-state index < -0.39 is 5.91 Å². The largest absolute Gasteiger partial charge is 0.399 e. The van der Waals surface area contributed by atoms with Crippen LogP contribution in [0.25, 0.3) is 0 Å². The highest BCUT2D eigenvalue weighted by Crippen LogP contribution is 2.18. The maximum absolute atomic E-state index is 11.8. The van der Waals surface area contributed by atoms with Gasteiger partial charge in [0.1, 0.15) is 6.07 Å². The van der Waals surface area contributed by atoms with Gasteiger partial charge >= 0.3 is 0 Å². The summed E-state index contributed by atoms with van der Waals surface area (Å²) in [7, 11) is 0. The summed E-state index contributed by atoms with van der Waals surface area (Å²) in [6, 6.07) is 8.12. The molecule has 1 aromatic heterocycles. The van der Waals surface area contributed by atoms with Gasteiger partial charge in [-0.3, -0.25) is 4.79 Å². The van der Waals surface area contributed by atoms with E-state index in [0.29, 0.717) is 22.6 Å². The van der Waals surface area contributed by atoms with Gasteiger partial charge in [-0.1, -0.05) is 5.16 Å². The monoisotopic (exact) mass is 242 g/mol. The summed E-state index contributed by atoms with van der Waals surface area (Å²) in [6.07, 6.45) is 0. The smallest absolute Gasteiger partial charge is 0.294 e. The highest BCUT2D eigenvalue weighted by atomic mass is 16.5. The average molecular weight is 242 g/mol. The fraction of sp³-hybridized carbons (Fsp3) is 0.0833. The third kappa shape index (κ3) is 2.30. The number of nitrogens with one attached hydrogen (secondary N) is 1. The van der Waals surface area contributed by atoms with E-state index in [1.54, 1.807) is 19.1 Å². The molecule has 0 fully saturated rings. The van der Waals surface area contributed by atoms with Gasteiger partial charge in [0, 0.05) is 11.8 Å². The van der Waals surface area contributed by atoms with Gasteiger partial charge in [0.05, 0.1) is 16.9 Å². The summed E-state index contributed by atoms with van der Waals surface area (Å²) in [4.78, 5) is 11.8. The lowest BCUT2D eigenvalue weighted by atomic mass is 10.1. The van der Waals surface area contributed by atoms with E-state index in [1.807, 2.05) is 6.07 Å². The molecule has 6 heteroatoms. The minimum Gasteiger partial charge on any atom is -0.399 e. The normalized spacial score (nSPS) is 9.78. The number of hydrogen-bond donors (Lipinski definition) is 2. The van der Waals surface area contributed by atoms with Crippen molar-refractivity contribution in [2.24, 2.45) is 0 Å².